The molecule has 3 atom stereocenters. The van der Waals surface area contributed by atoms with Crippen molar-refractivity contribution in [1.29, 1.82) is 0 Å². The lowest BCUT2D eigenvalue weighted by atomic mass is 9.82. The number of benzene rings is 1. The Balaban J connectivity index is 2.02. The average Bonchev–Trinajstić information content (AvgIpc) is 2.80. The lowest BCUT2D eigenvalue weighted by Gasteiger charge is -2.31. The number of aliphatic hydroxyl groups is 1. The number of phenolic OH excluding ortho intramolecular Hbond substituents is 1. The molecule has 2 bridgehead atoms. The highest BCUT2D eigenvalue weighted by atomic mass is 16.5. The fourth-order valence-electron chi connectivity index (χ4n) is 3.00. The number of methoxy groups -OCH3 is 1. The zero-order valence-corrected chi connectivity index (χ0v) is 11.1. The van der Waals surface area contributed by atoms with Crippen molar-refractivity contribution in [3.05, 3.63) is 35.9 Å². The molecule has 2 heterocycles. The largest absolute Gasteiger partial charge is 0.504 e. The first-order valence-corrected chi connectivity index (χ1v) is 6.48. The Morgan fingerprint density at radius 3 is 3.00 bits per heavy atom. The van der Waals surface area contributed by atoms with Gasteiger partial charge in [0, 0.05) is 5.92 Å². The lowest BCUT2D eigenvalue weighted by Crippen LogP contribution is -2.39. The van der Waals surface area contributed by atoms with Crippen molar-refractivity contribution in [2.75, 3.05) is 13.7 Å². The SMILES string of the molecule is COc1cc(C2CC3OC2(CO)C=CC3=O)ccc1O. The maximum atomic E-state index is 11.7. The van der Waals surface area contributed by atoms with E-state index >= 15 is 0 Å². The second-order valence-corrected chi connectivity index (χ2v) is 5.17. The molecular formula is C15H16O5. The zero-order chi connectivity index (χ0) is 14.3. The van der Waals surface area contributed by atoms with Crippen LogP contribution in [-0.2, 0) is 9.53 Å². The van der Waals surface area contributed by atoms with Crippen LogP contribution in [-0.4, -0.2) is 41.4 Å². The summed E-state index contributed by atoms with van der Waals surface area (Å²) >= 11 is 0. The molecule has 2 aliphatic heterocycles. The van der Waals surface area contributed by atoms with Crippen molar-refractivity contribution in [3.8, 4) is 11.5 Å². The Labute approximate surface area is 116 Å². The second-order valence-electron chi connectivity index (χ2n) is 5.17. The van der Waals surface area contributed by atoms with E-state index in [2.05, 4.69) is 0 Å². The first-order chi connectivity index (χ1) is 9.59. The van der Waals surface area contributed by atoms with Crippen LogP contribution in [0.25, 0.3) is 0 Å². The minimum Gasteiger partial charge on any atom is -0.504 e. The van der Waals surface area contributed by atoms with Gasteiger partial charge in [0.05, 0.1) is 13.7 Å². The predicted octanol–water partition coefficient (Wildman–Crippen LogP) is 1.14. The molecular weight excluding hydrogens is 260 g/mol. The van der Waals surface area contributed by atoms with Crippen molar-refractivity contribution in [1.82, 2.24) is 0 Å². The molecule has 1 saturated heterocycles. The van der Waals surface area contributed by atoms with Gasteiger partial charge in [-0.05, 0) is 36.3 Å². The Morgan fingerprint density at radius 1 is 1.50 bits per heavy atom. The molecule has 2 aliphatic rings. The quantitative estimate of drug-likeness (QED) is 0.866. The Hall–Kier alpha value is -1.85. The van der Waals surface area contributed by atoms with Crippen molar-refractivity contribution in [2.45, 2.75) is 24.0 Å². The Bertz CT molecular complexity index is 580. The number of ether oxygens (including phenoxy) is 2. The Kier molecular flexibility index (Phi) is 3.03. The van der Waals surface area contributed by atoms with E-state index in [9.17, 15) is 15.0 Å². The van der Waals surface area contributed by atoms with Crippen LogP contribution in [0, 0.1) is 0 Å². The molecule has 5 nitrogen and oxygen atoms in total. The molecule has 3 rings (SSSR count). The maximum absolute atomic E-state index is 11.7. The molecule has 0 aromatic heterocycles. The Morgan fingerprint density at radius 2 is 2.30 bits per heavy atom. The van der Waals surface area contributed by atoms with Crippen LogP contribution in [0.4, 0.5) is 0 Å². The van der Waals surface area contributed by atoms with Crippen molar-refractivity contribution in [2.24, 2.45) is 0 Å². The fraction of sp³-hybridized carbons (Fsp3) is 0.400. The van der Waals surface area contributed by atoms with Crippen molar-refractivity contribution < 1.29 is 24.5 Å². The van der Waals surface area contributed by atoms with E-state index in [0.717, 1.165) is 5.56 Å². The summed E-state index contributed by atoms with van der Waals surface area (Å²) in [6, 6.07) is 5.04. The number of aromatic hydroxyl groups is 1. The summed E-state index contributed by atoms with van der Waals surface area (Å²) in [5, 5.41) is 19.4. The van der Waals surface area contributed by atoms with Gasteiger partial charge in [-0.2, -0.15) is 0 Å². The first-order valence-electron chi connectivity index (χ1n) is 6.48. The highest BCUT2D eigenvalue weighted by Gasteiger charge is 2.51. The molecule has 0 spiro atoms. The number of carbonyl (C=O) groups excluding carboxylic acids is 1. The molecule has 0 amide bonds. The molecule has 0 aliphatic carbocycles. The number of hydrogen-bond acceptors (Lipinski definition) is 5. The molecule has 0 saturated carbocycles. The van der Waals surface area contributed by atoms with Gasteiger partial charge < -0.3 is 19.7 Å². The van der Waals surface area contributed by atoms with E-state index in [1.165, 1.54) is 13.2 Å². The van der Waals surface area contributed by atoms with E-state index in [1.54, 1.807) is 24.3 Å². The van der Waals surface area contributed by atoms with Crippen LogP contribution >= 0.6 is 0 Å². The number of hydrogen-bond donors (Lipinski definition) is 2. The van der Waals surface area contributed by atoms with E-state index < -0.39 is 11.7 Å². The summed E-state index contributed by atoms with van der Waals surface area (Å²) in [7, 11) is 1.48. The predicted molar refractivity (Wildman–Crippen MR) is 70.9 cm³/mol. The number of rotatable bonds is 3. The van der Waals surface area contributed by atoms with Gasteiger partial charge in [-0.25, -0.2) is 0 Å². The second kappa shape index (κ2) is 4.61. The maximum Gasteiger partial charge on any atom is 0.184 e. The molecule has 2 N–H and O–H groups in total. The summed E-state index contributed by atoms with van der Waals surface area (Å²) in [6.07, 6.45) is 3.14. The normalized spacial score (nSPS) is 31.6. The number of carbonyl (C=O) groups is 1. The molecule has 5 heteroatoms. The van der Waals surface area contributed by atoms with Gasteiger partial charge in [-0.15, -0.1) is 0 Å². The van der Waals surface area contributed by atoms with Crippen LogP contribution in [0.3, 0.4) is 0 Å². The summed E-state index contributed by atoms with van der Waals surface area (Å²) < 4.78 is 10.8. The number of fused-ring (bicyclic) bond motifs is 2. The van der Waals surface area contributed by atoms with Crippen LogP contribution < -0.4 is 4.74 Å². The van der Waals surface area contributed by atoms with Gasteiger partial charge in [-0.1, -0.05) is 6.07 Å². The molecule has 1 fully saturated rings. The third-order valence-corrected chi connectivity index (χ3v) is 4.10. The third kappa shape index (κ3) is 1.82. The van der Waals surface area contributed by atoms with Gasteiger partial charge in [0.2, 0.25) is 0 Å². The zero-order valence-electron chi connectivity index (χ0n) is 11.1. The molecule has 3 unspecified atom stereocenters. The van der Waals surface area contributed by atoms with Gasteiger partial charge in [0.1, 0.15) is 11.7 Å². The lowest BCUT2D eigenvalue weighted by molar-refractivity contribution is -0.132. The molecule has 0 radical (unpaired) electrons. The van der Waals surface area contributed by atoms with Gasteiger partial charge in [0.15, 0.2) is 17.3 Å². The smallest absolute Gasteiger partial charge is 0.184 e. The van der Waals surface area contributed by atoms with Gasteiger partial charge in [-0.3, -0.25) is 4.79 Å². The van der Waals surface area contributed by atoms with Crippen LogP contribution in [0.15, 0.2) is 30.4 Å². The van der Waals surface area contributed by atoms with Crippen molar-refractivity contribution >= 4 is 5.78 Å². The standard InChI is InChI=1S/C15H16O5/c1-19-13-6-9(2-3-11(13)17)10-7-14-12(18)4-5-15(10,8-16)20-14/h2-6,10,14,16-17H,7-8H2,1H3. The highest BCUT2D eigenvalue weighted by Crippen LogP contribution is 2.47. The fourth-order valence-corrected chi connectivity index (χ4v) is 3.00. The summed E-state index contributed by atoms with van der Waals surface area (Å²) in [5.74, 6) is 0.215. The third-order valence-electron chi connectivity index (χ3n) is 4.10. The summed E-state index contributed by atoms with van der Waals surface area (Å²) in [6.45, 7) is -0.193. The summed E-state index contributed by atoms with van der Waals surface area (Å²) in [5.41, 5.74) is 0.0103. The van der Waals surface area contributed by atoms with E-state index in [4.69, 9.17) is 9.47 Å². The highest BCUT2D eigenvalue weighted by molar-refractivity contribution is 5.95. The number of ketones is 1. The molecule has 1 aromatic rings. The van der Waals surface area contributed by atoms with E-state index in [0.29, 0.717) is 12.2 Å². The van der Waals surface area contributed by atoms with Crippen LogP contribution in [0.5, 0.6) is 11.5 Å². The van der Waals surface area contributed by atoms with Gasteiger partial charge >= 0.3 is 0 Å². The minimum atomic E-state index is -0.861. The first kappa shape index (κ1) is 13.1. The van der Waals surface area contributed by atoms with Crippen LogP contribution in [0.1, 0.15) is 17.9 Å². The topological polar surface area (TPSA) is 76.0 Å². The monoisotopic (exact) mass is 276 g/mol. The number of aliphatic hydroxyl groups excluding tert-OH is 1. The average molecular weight is 276 g/mol. The van der Waals surface area contributed by atoms with Crippen molar-refractivity contribution in [3.63, 3.8) is 0 Å². The molecule has 106 valence electrons. The van der Waals surface area contributed by atoms with E-state index in [1.807, 2.05) is 0 Å². The summed E-state index contributed by atoms with van der Waals surface area (Å²) in [4.78, 5) is 11.7. The van der Waals surface area contributed by atoms with E-state index in [-0.39, 0.29) is 24.1 Å². The van der Waals surface area contributed by atoms with Gasteiger partial charge in [0.25, 0.3) is 0 Å². The molecule has 1 aromatic carbocycles. The minimum absolute atomic E-state index is 0.0582. The number of phenols is 1. The van der Waals surface area contributed by atoms with Crippen LogP contribution in [0.2, 0.25) is 0 Å². The molecule has 20 heavy (non-hydrogen) atoms.